The molecule has 2 aromatic heterocycles. The Bertz CT molecular complexity index is 1220. The number of aliphatic hydroxyl groups is 1. The third kappa shape index (κ3) is 5.06. The van der Waals surface area contributed by atoms with Gasteiger partial charge in [0.25, 0.3) is 0 Å². The van der Waals surface area contributed by atoms with E-state index in [1.54, 1.807) is 20.3 Å². The summed E-state index contributed by atoms with van der Waals surface area (Å²) in [6.07, 6.45) is 4.13. The fourth-order valence-corrected chi connectivity index (χ4v) is 5.22. The average molecular weight is 497 g/mol. The third-order valence-electron chi connectivity index (χ3n) is 7.24. The molecule has 4 rings (SSSR count). The van der Waals surface area contributed by atoms with Gasteiger partial charge >= 0.3 is 5.97 Å². The minimum Gasteiger partial charge on any atom is -0.496 e. The molecule has 1 saturated carbocycles. The number of carboxylic acids is 1. The average Bonchev–Trinajstić information content (AvgIpc) is 3.51. The molecule has 1 aromatic carbocycles. The van der Waals surface area contributed by atoms with Crippen molar-refractivity contribution in [3.05, 3.63) is 58.4 Å². The minimum atomic E-state index is -1.03. The SMILES string of the molecule is CCc1cc(C(=O)O)n2nc(CC(C)(OC3CCCC3)[C@H](O)c3cc(OC)c(C)c(OC)c3)cc2c1. The highest BCUT2D eigenvalue weighted by Crippen LogP contribution is 2.40. The van der Waals surface area contributed by atoms with E-state index >= 15 is 0 Å². The molecule has 0 saturated heterocycles. The largest absolute Gasteiger partial charge is 0.496 e. The number of aromatic nitrogens is 2. The summed E-state index contributed by atoms with van der Waals surface area (Å²) in [7, 11) is 3.18. The van der Waals surface area contributed by atoms with Gasteiger partial charge in [0.2, 0.25) is 0 Å². The number of hydrogen-bond donors (Lipinski definition) is 2. The third-order valence-corrected chi connectivity index (χ3v) is 7.24. The molecule has 0 radical (unpaired) electrons. The quantitative estimate of drug-likeness (QED) is 0.411. The van der Waals surface area contributed by atoms with Crippen molar-refractivity contribution in [2.75, 3.05) is 14.2 Å². The molecular formula is C28H36N2O6. The molecule has 0 amide bonds. The Hall–Kier alpha value is -3.10. The predicted octanol–water partition coefficient (Wildman–Crippen LogP) is 4.91. The van der Waals surface area contributed by atoms with E-state index in [1.165, 1.54) is 4.52 Å². The number of pyridine rings is 1. The molecule has 1 aliphatic rings. The number of hydrogen-bond acceptors (Lipinski definition) is 6. The molecule has 0 aliphatic heterocycles. The number of aryl methyl sites for hydroxylation is 1. The fourth-order valence-electron chi connectivity index (χ4n) is 5.22. The molecule has 3 aromatic rings. The first kappa shape index (κ1) is 26.0. The normalized spacial score (nSPS) is 16.7. The fraction of sp³-hybridized carbons (Fsp3) is 0.500. The van der Waals surface area contributed by atoms with Crippen molar-refractivity contribution in [1.82, 2.24) is 9.61 Å². The van der Waals surface area contributed by atoms with Crippen LogP contribution in [0.15, 0.2) is 30.3 Å². The van der Waals surface area contributed by atoms with E-state index in [2.05, 4.69) is 5.10 Å². The van der Waals surface area contributed by atoms with E-state index < -0.39 is 17.7 Å². The predicted molar refractivity (Wildman–Crippen MR) is 136 cm³/mol. The Morgan fingerprint density at radius 1 is 1.14 bits per heavy atom. The lowest BCUT2D eigenvalue weighted by Crippen LogP contribution is -2.41. The number of aliphatic hydroxyl groups excluding tert-OH is 1. The first-order valence-electron chi connectivity index (χ1n) is 12.5. The number of methoxy groups -OCH3 is 2. The van der Waals surface area contributed by atoms with E-state index in [1.807, 2.05) is 45.0 Å². The van der Waals surface area contributed by atoms with Crippen LogP contribution in [0.5, 0.6) is 11.5 Å². The van der Waals surface area contributed by atoms with Crippen LogP contribution in [0.2, 0.25) is 0 Å². The van der Waals surface area contributed by atoms with E-state index in [4.69, 9.17) is 14.2 Å². The number of aromatic carboxylic acids is 1. The molecule has 1 aliphatic carbocycles. The summed E-state index contributed by atoms with van der Waals surface area (Å²) in [5.41, 5.74) is 2.85. The van der Waals surface area contributed by atoms with Gasteiger partial charge in [-0.1, -0.05) is 19.8 Å². The smallest absolute Gasteiger partial charge is 0.354 e. The Kier molecular flexibility index (Phi) is 7.57. The first-order valence-corrected chi connectivity index (χ1v) is 12.5. The number of carboxylic acid groups (broad SMARTS) is 1. The van der Waals surface area contributed by atoms with Gasteiger partial charge in [0.15, 0.2) is 5.69 Å². The van der Waals surface area contributed by atoms with Gasteiger partial charge in [-0.2, -0.15) is 5.10 Å². The Balaban J connectivity index is 1.76. The summed E-state index contributed by atoms with van der Waals surface area (Å²) in [5, 5.41) is 26.1. The molecule has 2 atom stereocenters. The van der Waals surface area contributed by atoms with Crippen molar-refractivity contribution in [3.8, 4) is 11.5 Å². The van der Waals surface area contributed by atoms with Gasteiger partial charge in [-0.05, 0) is 74.6 Å². The zero-order chi connectivity index (χ0) is 26.0. The van der Waals surface area contributed by atoms with Crippen LogP contribution in [-0.2, 0) is 17.6 Å². The van der Waals surface area contributed by atoms with Crippen LogP contribution in [-0.4, -0.2) is 51.7 Å². The van der Waals surface area contributed by atoms with Crippen LogP contribution in [0, 0.1) is 6.92 Å². The van der Waals surface area contributed by atoms with E-state index in [9.17, 15) is 15.0 Å². The van der Waals surface area contributed by atoms with Crippen LogP contribution >= 0.6 is 0 Å². The van der Waals surface area contributed by atoms with Crippen LogP contribution < -0.4 is 9.47 Å². The molecule has 1 fully saturated rings. The standard InChI is InChI=1S/C28H36N2O6/c1-6-18-11-21-15-20(29-30(21)23(12-18)27(32)33)16-28(3,36-22-9-7-8-10-22)26(31)19-13-24(34-4)17(2)25(14-19)35-5/h11-15,22,26,31H,6-10,16H2,1-5H3,(H,32,33)/t26-,28?/m1/s1. The second-order valence-electron chi connectivity index (χ2n) is 9.85. The highest BCUT2D eigenvalue weighted by molar-refractivity contribution is 5.87. The molecule has 1 unspecified atom stereocenters. The molecule has 36 heavy (non-hydrogen) atoms. The molecule has 0 bridgehead atoms. The molecule has 194 valence electrons. The first-order chi connectivity index (χ1) is 17.2. The number of rotatable bonds is 10. The molecule has 0 spiro atoms. The van der Waals surface area contributed by atoms with Crippen molar-refractivity contribution < 1.29 is 29.2 Å². The summed E-state index contributed by atoms with van der Waals surface area (Å²) < 4.78 is 19.1. The van der Waals surface area contributed by atoms with Crippen molar-refractivity contribution in [2.24, 2.45) is 0 Å². The summed E-state index contributed by atoms with van der Waals surface area (Å²) in [5.74, 6) is 0.212. The number of nitrogens with zero attached hydrogens (tertiary/aromatic N) is 2. The van der Waals surface area contributed by atoms with Crippen LogP contribution in [0.1, 0.15) is 78.5 Å². The van der Waals surface area contributed by atoms with Gasteiger partial charge in [-0.25, -0.2) is 9.31 Å². The summed E-state index contributed by atoms with van der Waals surface area (Å²) in [6.45, 7) is 5.79. The van der Waals surface area contributed by atoms with Gasteiger partial charge < -0.3 is 24.4 Å². The lowest BCUT2D eigenvalue weighted by atomic mass is 9.87. The number of ether oxygens (including phenoxy) is 3. The second-order valence-corrected chi connectivity index (χ2v) is 9.85. The summed E-state index contributed by atoms with van der Waals surface area (Å²) in [6, 6.07) is 9.12. The van der Waals surface area contributed by atoms with Crippen molar-refractivity contribution >= 4 is 11.5 Å². The number of fused-ring (bicyclic) bond motifs is 1. The Morgan fingerprint density at radius 2 is 1.78 bits per heavy atom. The zero-order valence-corrected chi connectivity index (χ0v) is 21.7. The topological polar surface area (TPSA) is 103 Å². The highest BCUT2D eigenvalue weighted by Gasteiger charge is 2.40. The maximum absolute atomic E-state index is 11.9. The minimum absolute atomic E-state index is 0.0391. The van der Waals surface area contributed by atoms with Crippen molar-refractivity contribution in [3.63, 3.8) is 0 Å². The molecule has 2 heterocycles. The molecule has 2 N–H and O–H groups in total. The monoisotopic (exact) mass is 496 g/mol. The number of benzene rings is 1. The summed E-state index contributed by atoms with van der Waals surface area (Å²) in [4.78, 5) is 11.9. The highest BCUT2D eigenvalue weighted by atomic mass is 16.5. The van der Waals surface area contributed by atoms with E-state index in [-0.39, 0.29) is 11.8 Å². The summed E-state index contributed by atoms with van der Waals surface area (Å²) >= 11 is 0. The van der Waals surface area contributed by atoms with Gasteiger partial charge in [0, 0.05) is 12.0 Å². The van der Waals surface area contributed by atoms with E-state index in [0.29, 0.717) is 34.7 Å². The van der Waals surface area contributed by atoms with Crippen molar-refractivity contribution in [1.29, 1.82) is 0 Å². The molecular weight excluding hydrogens is 460 g/mol. The Labute approximate surface area is 211 Å². The number of carbonyl (C=O) groups is 1. The Morgan fingerprint density at radius 3 is 2.33 bits per heavy atom. The molecule has 8 nitrogen and oxygen atoms in total. The second kappa shape index (κ2) is 10.5. The van der Waals surface area contributed by atoms with Gasteiger partial charge in [0.1, 0.15) is 23.2 Å². The van der Waals surface area contributed by atoms with Crippen LogP contribution in [0.3, 0.4) is 0 Å². The van der Waals surface area contributed by atoms with Gasteiger partial charge in [0.05, 0.1) is 31.5 Å². The maximum atomic E-state index is 11.9. The maximum Gasteiger partial charge on any atom is 0.354 e. The zero-order valence-electron chi connectivity index (χ0n) is 21.7. The van der Waals surface area contributed by atoms with E-state index in [0.717, 1.165) is 43.2 Å². The lowest BCUT2D eigenvalue weighted by molar-refractivity contribution is -0.146. The van der Waals surface area contributed by atoms with Gasteiger partial charge in [-0.3, -0.25) is 0 Å². The lowest BCUT2D eigenvalue weighted by Gasteiger charge is -2.37. The van der Waals surface area contributed by atoms with Gasteiger partial charge in [-0.15, -0.1) is 0 Å². The van der Waals surface area contributed by atoms with Crippen LogP contribution in [0.4, 0.5) is 0 Å². The molecule has 8 heteroatoms. The van der Waals surface area contributed by atoms with Crippen molar-refractivity contribution in [2.45, 2.75) is 77.1 Å². The van der Waals surface area contributed by atoms with Crippen LogP contribution in [0.25, 0.3) is 5.52 Å².